The molecule has 0 aliphatic heterocycles. The SMILES string of the molecule is CCC(=O)Nc1ccc(NC(=S)NC(=O)c2cccc3ccccc23)cc1. The van der Waals surface area contributed by atoms with Gasteiger partial charge in [-0.25, -0.2) is 0 Å². The fourth-order valence-corrected chi connectivity index (χ4v) is 2.85. The van der Waals surface area contributed by atoms with Crippen LogP contribution in [0.5, 0.6) is 0 Å². The summed E-state index contributed by atoms with van der Waals surface area (Å²) in [5, 5.41) is 10.5. The number of amides is 2. The fourth-order valence-electron chi connectivity index (χ4n) is 2.64. The smallest absolute Gasteiger partial charge is 0.258 e. The average Bonchev–Trinajstić information content (AvgIpc) is 2.68. The number of hydrogen-bond acceptors (Lipinski definition) is 3. The lowest BCUT2D eigenvalue weighted by Crippen LogP contribution is -2.34. The zero-order valence-electron chi connectivity index (χ0n) is 14.8. The Bertz CT molecular complexity index is 994. The molecule has 0 atom stereocenters. The van der Waals surface area contributed by atoms with Crippen LogP contribution in [0.25, 0.3) is 10.8 Å². The van der Waals surface area contributed by atoms with Crippen LogP contribution in [0.1, 0.15) is 23.7 Å². The first-order valence-corrected chi connectivity index (χ1v) is 8.97. The first-order valence-electron chi connectivity index (χ1n) is 8.57. The number of fused-ring (bicyclic) bond motifs is 1. The molecule has 0 aromatic heterocycles. The predicted molar refractivity (Wildman–Crippen MR) is 113 cm³/mol. The van der Waals surface area contributed by atoms with E-state index in [1.54, 1.807) is 37.3 Å². The standard InChI is InChI=1S/C21H19N3O2S/c1-2-19(25)22-15-10-12-16(13-11-15)23-21(27)24-20(26)18-9-5-7-14-6-3-4-8-17(14)18/h3-13H,2H2,1H3,(H,22,25)(H2,23,24,26,27). The van der Waals surface area contributed by atoms with Gasteiger partial charge in [-0.1, -0.05) is 43.3 Å². The Morgan fingerprint density at radius 3 is 2.19 bits per heavy atom. The zero-order valence-corrected chi connectivity index (χ0v) is 15.6. The second-order valence-corrected chi connectivity index (χ2v) is 6.32. The topological polar surface area (TPSA) is 70.2 Å². The lowest BCUT2D eigenvalue weighted by Gasteiger charge is -2.11. The van der Waals surface area contributed by atoms with Gasteiger partial charge in [0, 0.05) is 23.4 Å². The predicted octanol–water partition coefficient (Wildman–Crippen LogP) is 4.32. The molecule has 3 aromatic rings. The summed E-state index contributed by atoms with van der Waals surface area (Å²) >= 11 is 5.24. The van der Waals surface area contributed by atoms with E-state index in [2.05, 4.69) is 16.0 Å². The Labute approximate surface area is 162 Å². The number of carbonyl (C=O) groups is 2. The number of thiocarbonyl (C=S) groups is 1. The Morgan fingerprint density at radius 1 is 0.852 bits per heavy atom. The Balaban J connectivity index is 1.65. The first kappa shape index (κ1) is 18.5. The molecule has 6 heteroatoms. The van der Waals surface area contributed by atoms with Crippen molar-refractivity contribution in [1.82, 2.24) is 5.32 Å². The molecule has 0 unspecified atom stereocenters. The molecule has 0 radical (unpaired) electrons. The van der Waals surface area contributed by atoms with Gasteiger partial charge in [0.05, 0.1) is 0 Å². The second kappa shape index (κ2) is 8.42. The van der Waals surface area contributed by atoms with Crippen LogP contribution < -0.4 is 16.0 Å². The molecule has 0 saturated heterocycles. The summed E-state index contributed by atoms with van der Waals surface area (Å²) < 4.78 is 0. The third-order valence-corrected chi connectivity index (χ3v) is 4.21. The lowest BCUT2D eigenvalue weighted by molar-refractivity contribution is -0.115. The highest BCUT2D eigenvalue weighted by Gasteiger charge is 2.11. The van der Waals surface area contributed by atoms with Gasteiger partial charge in [0.1, 0.15) is 0 Å². The van der Waals surface area contributed by atoms with Crippen LogP contribution in [0, 0.1) is 0 Å². The average molecular weight is 377 g/mol. The first-order chi connectivity index (χ1) is 13.1. The largest absolute Gasteiger partial charge is 0.332 e. The van der Waals surface area contributed by atoms with Crippen LogP contribution in [-0.2, 0) is 4.79 Å². The van der Waals surface area contributed by atoms with E-state index in [-0.39, 0.29) is 16.9 Å². The van der Waals surface area contributed by atoms with E-state index in [0.717, 1.165) is 10.8 Å². The Morgan fingerprint density at radius 2 is 1.48 bits per heavy atom. The van der Waals surface area contributed by atoms with E-state index in [9.17, 15) is 9.59 Å². The molecule has 0 heterocycles. The van der Waals surface area contributed by atoms with Gasteiger partial charge in [-0.3, -0.25) is 14.9 Å². The molecule has 3 N–H and O–H groups in total. The molecule has 5 nitrogen and oxygen atoms in total. The highest BCUT2D eigenvalue weighted by Crippen LogP contribution is 2.18. The van der Waals surface area contributed by atoms with Crippen molar-refractivity contribution in [2.45, 2.75) is 13.3 Å². The minimum absolute atomic E-state index is 0.0476. The number of anilines is 2. The van der Waals surface area contributed by atoms with Crippen molar-refractivity contribution in [2.24, 2.45) is 0 Å². The highest BCUT2D eigenvalue weighted by atomic mass is 32.1. The number of rotatable bonds is 4. The van der Waals surface area contributed by atoms with Crippen molar-refractivity contribution in [1.29, 1.82) is 0 Å². The number of benzene rings is 3. The molecule has 0 aliphatic rings. The monoisotopic (exact) mass is 377 g/mol. The second-order valence-electron chi connectivity index (χ2n) is 5.91. The van der Waals surface area contributed by atoms with Gasteiger partial charge in [-0.15, -0.1) is 0 Å². The number of hydrogen-bond donors (Lipinski definition) is 3. The number of carbonyl (C=O) groups excluding carboxylic acids is 2. The maximum absolute atomic E-state index is 12.6. The lowest BCUT2D eigenvalue weighted by atomic mass is 10.0. The maximum Gasteiger partial charge on any atom is 0.258 e. The van der Waals surface area contributed by atoms with Crippen LogP contribution >= 0.6 is 12.2 Å². The maximum atomic E-state index is 12.6. The molecule has 0 fully saturated rings. The summed E-state index contributed by atoms with van der Waals surface area (Å²) in [6.07, 6.45) is 0.421. The molecule has 0 spiro atoms. The minimum atomic E-state index is -0.267. The molecule has 3 aromatic carbocycles. The molecule has 2 amide bonds. The summed E-state index contributed by atoms with van der Waals surface area (Å²) in [4.78, 5) is 24.0. The van der Waals surface area contributed by atoms with Crippen molar-refractivity contribution in [3.63, 3.8) is 0 Å². The van der Waals surface area contributed by atoms with E-state index in [4.69, 9.17) is 12.2 Å². The van der Waals surface area contributed by atoms with Gasteiger partial charge < -0.3 is 10.6 Å². The van der Waals surface area contributed by atoms with E-state index in [0.29, 0.717) is 23.4 Å². The quantitative estimate of drug-likeness (QED) is 0.593. The van der Waals surface area contributed by atoms with Crippen LogP contribution in [0.3, 0.4) is 0 Å². The van der Waals surface area contributed by atoms with E-state index >= 15 is 0 Å². The van der Waals surface area contributed by atoms with Crippen LogP contribution in [-0.4, -0.2) is 16.9 Å². The van der Waals surface area contributed by atoms with Crippen molar-refractivity contribution >= 4 is 51.3 Å². The Hall–Kier alpha value is -3.25. The summed E-state index contributed by atoms with van der Waals surface area (Å²) in [7, 11) is 0. The third-order valence-electron chi connectivity index (χ3n) is 4.01. The van der Waals surface area contributed by atoms with Crippen molar-refractivity contribution in [3.05, 3.63) is 72.3 Å². The summed E-state index contributed by atoms with van der Waals surface area (Å²) in [5.41, 5.74) is 1.99. The van der Waals surface area contributed by atoms with Gasteiger partial charge in [-0.2, -0.15) is 0 Å². The molecular weight excluding hydrogens is 358 g/mol. The van der Waals surface area contributed by atoms with Gasteiger partial charge in [0.25, 0.3) is 5.91 Å². The van der Waals surface area contributed by atoms with Crippen LogP contribution in [0.4, 0.5) is 11.4 Å². The summed E-state index contributed by atoms with van der Waals surface area (Å²) in [6.45, 7) is 1.79. The molecule has 0 bridgehead atoms. The van der Waals surface area contributed by atoms with Crippen molar-refractivity contribution in [2.75, 3.05) is 10.6 Å². The van der Waals surface area contributed by atoms with Crippen LogP contribution in [0.2, 0.25) is 0 Å². The minimum Gasteiger partial charge on any atom is -0.332 e. The van der Waals surface area contributed by atoms with Crippen LogP contribution in [0.15, 0.2) is 66.7 Å². The van der Waals surface area contributed by atoms with Gasteiger partial charge >= 0.3 is 0 Å². The molecule has 0 saturated carbocycles. The van der Waals surface area contributed by atoms with E-state index < -0.39 is 0 Å². The molecule has 3 rings (SSSR count). The van der Waals surface area contributed by atoms with Gasteiger partial charge in [0.15, 0.2) is 5.11 Å². The molecular formula is C21H19N3O2S. The molecule has 0 aliphatic carbocycles. The molecule has 27 heavy (non-hydrogen) atoms. The summed E-state index contributed by atoms with van der Waals surface area (Å²) in [5.74, 6) is -0.315. The van der Waals surface area contributed by atoms with Gasteiger partial charge in [-0.05, 0) is 53.3 Å². The molecule has 136 valence electrons. The number of nitrogens with one attached hydrogen (secondary N) is 3. The Kier molecular flexibility index (Phi) is 5.78. The van der Waals surface area contributed by atoms with Crippen molar-refractivity contribution in [3.8, 4) is 0 Å². The van der Waals surface area contributed by atoms with E-state index in [1.165, 1.54) is 0 Å². The fraction of sp³-hybridized carbons (Fsp3) is 0.0952. The third kappa shape index (κ3) is 4.68. The normalized spacial score (nSPS) is 10.3. The van der Waals surface area contributed by atoms with Gasteiger partial charge in [0.2, 0.25) is 5.91 Å². The summed E-state index contributed by atoms with van der Waals surface area (Å²) in [6, 6.07) is 20.4. The van der Waals surface area contributed by atoms with Crippen molar-refractivity contribution < 1.29 is 9.59 Å². The van der Waals surface area contributed by atoms with E-state index in [1.807, 2.05) is 36.4 Å². The zero-order chi connectivity index (χ0) is 19.2. The highest BCUT2D eigenvalue weighted by molar-refractivity contribution is 7.80.